The Kier molecular flexibility index (Phi) is 6.05. The molecule has 2 rings (SSSR count). The number of carbonyl (C=O) groups is 2. The first-order valence-electron chi connectivity index (χ1n) is 7.36. The molecule has 4 nitrogen and oxygen atoms in total. The van der Waals surface area contributed by atoms with Crippen LogP contribution in [0, 0.1) is 0 Å². The second kappa shape index (κ2) is 8.03. The highest BCUT2D eigenvalue weighted by Crippen LogP contribution is 2.09. The lowest BCUT2D eigenvalue weighted by atomic mass is 10.1. The molecule has 1 aromatic carbocycles. The topological polar surface area (TPSA) is 40.6 Å². The molecule has 1 fully saturated rings. The van der Waals surface area contributed by atoms with Gasteiger partial charge in [0.2, 0.25) is 11.8 Å². The molecule has 0 unspecified atom stereocenters. The van der Waals surface area contributed by atoms with Crippen molar-refractivity contribution in [2.24, 2.45) is 0 Å². The molecular weight excluding hydrogens is 288 g/mol. The molecule has 0 aliphatic carbocycles. The van der Waals surface area contributed by atoms with E-state index in [1.165, 1.54) is 5.56 Å². The summed E-state index contributed by atoms with van der Waals surface area (Å²) in [6, 6.07) is 10.0. The average molecular weight is 309 g/mol. The van der Waals surface area contributed by atoms with Gasteiger partial charge in [-0.1, -0.05) is 30.3 Å². The van der Waals surface area contributed by atoms with Crippen molar-refractivity contribution in [2.45, 2.75) is 19.3 Å². The highest BCUT2D eigenvalue weighted by Gasteiger charge is 2.23. The Labute approximate surface area is 130 Å². The lowest BCUT2D eigenvalue weighted by molar-refractivity contribution is -0.139. The standard InChI is InChI=1S/C16H21ClN2O2/c17-9-8-16(21)19-12-10-18(11-13-19)15(20)7-6-14-4-2-1-3-5-14/h1-5H,6-13H2. The molecule has 1 aliphatic heterocycles. The molecule has 0 atom stereocenters. The van der Waals surface area contributed by atoms with E-state index >= 15 is 0 Å². The molecule has 21 heavy (non-hydrogen) atoms. The van der Waals surface area contributed by atoms with Gasteiger partial charge in [-0.2, -0.15) is 0 Å². The second-order valence-corrected chi connectivity index (χ2v) is 5.56. The Balaban J connectivity index is 1.74. The van der Waals surface area contributed by atoms with E-state index in [-0.39, 0.29) is 11.8 Å². The van der Waals surface area contributed by atoms with Crippen molar-refractivity contribution in [3.63, 3.8) is 0 Å². The number of hydrogen-bond donors (Lipinski definition) is 0. The van der Waals surface area contributed by atoms with Gasteiger partial charge >= 0.3 is 0 Å². The van der Waals surface area contributed by atoms with Crippen LogP contribution >= 0.6 is 11.6 Å². The summed E-state index contributed by atoms with van der Waals surface area (Å²) in [6.45, 7) is 2.49. The maximum atomic E-state index is 12.2. The molecule has 1 heterocycles. The molecule has 114 valence electrons. The van der Waals surface area contributed by atoms with E-state index < -0.39 is 0 Å². The normalized spacial score (nSPS) is 15.1. The zero-order chi connectivity index (χ0) is 15.1. The predicted octanol–water partition coefficient (Wildman–Crippen LogP) is 1.92. The summed E-state index contributed by atoms with van der Waals surface area (Å²) in [6.07, 6.45) is 1.67. The summed E-state index contributed by atoms with van der Waals surface area (Å²) in [5, 5.41) is 0. The Morgan fingerprint density at radius 1 is 0.905 bits per heavy atom. The molecule has 0 bridgehead atoms. The van der Waals surface area contributed by atoms with Crippen molar-refractivity contribution in [1.29, 1.82) is 0 Å². The van der Waals surface area contributed by atoms with Crippen LogP contribution in [-0.4, -0.2) is 53.7 Å². The van der Waals surface area contributed by atoms with Gasteiger partial charge in [0.05, 0.1) is 0 Å². The molecule has 0 spiro atoms. The number of benzene rings is 1. The molecule has 0 N–H and O–H groups in total. The molecular formula is C16H21ClN2O2. The lowest BCUT2D eigenvalue weighted by Gasteiger charge is -2.34. The van der Waals surface area contributed by atoms with Crippen molar-refractivity contribution >= 4 is 23.4 Å². The fourth-order valence-corrected chi connectivity index (χ4v) is 2.66. The highest BCUT2D eigenvalue weighted by atomic mass is 35.5. The summed E-state index contributed by atoms with van der Waals surface area (Å²) in [5.41, 5.74) is 1.18. The van der Waals surface area contributed by atoms with Gasteiger partial charge in [-0.3, -0.25) is 9.59 Å². The van der Waals surface area contributed by atoms with Crippen LogP contribution < -0.4 is 0 Å². The Bertz CT molecular complexity index is 470. The summed E-state index contributed by atoms with van der Waals surface area (Å²) in [7, 11) is 0. The Morgan fingerprint density at radius 3 is 1.95 bits per heavy atom. The summed E-state index contributed by atoms with van der Waals surface area (Å²) in [5.74, 6) is 0.611. The first-order chi connectivity index (χ1) is 10.2. The lowest BCUT2D eigenvalue weighted by Crippen LogP contribution is -2.50. The minimum absolute atomic E-state index is 0.0846. The van der Waals surface area contributed by atoms with Gasteiger partial charge in [-0.15, -0.1) is 11.6 Å². The molecule has 0 aromatic heterocycles. The highest BCUT2D eigenvalue weighted by molar-refractivity contribution is 6.18. The van der Waals surface area contributed by atoms with Crippen LogP contribution in [0.15, 0.2) is 30.3 Å². The molecule has 1 saturated heterocycles. The zero-order valence-electron chi connectivity index (χ0n) is 12.1. The largest absolute Gasteiger partial charge is 0.339 e. The number of rotatable bonds is 5. The van der Waals surface area contributed by atoms with Gasteiger partial charge in [-0.25, -0.2) is 0 Å². The van der Waals surface area contributed by atoms with Crippen LogP contribution in [0.1, 0.15) is 18.4 Å². The first-order valence-corrected chi connectivity index (χ1v) is 7.89. The molecule has 2 amide bonds. The average Bonchev–Trinajstić information content (AvgIpc) is 2.54. The monoisotopic (exact) mass is 308 g/mol. The smallest absolute Gasteiger partial charge is 0.223 e. The van der Waals surface area contributed by atoms with Crippen molar-refractivity contribution < 1.29 is 9.59 Å². The van der Waals surface area contributed by atoms with Crippen molar-refractivity contribution in [3.8, 4) is 0 Å². The third kappa shape index (κ3) is 4.74. The van der Waals surface area contributed by atoms with Crippen LogP contribution in [-0.2, 0) is 16.0 Å². The summed E-state index contributed by atoms with van der Waals surface area (Å²) in [4.78, 5) is 27.5. The number of aryl methyl sites for hydroxylation is 1. The third-order valence-electron chi connectivity index (χ3n) is 3.76. The molecule has 0 saturated carbocycles. The van der Waals surface area contributed by atoms with E-state index in [2.05, 4.69) is 0 Å². The maximum Gasteiger partial charge on any atom is 0.223 e. The van der Waals surface area contributed by atoms with Crippen LogP contribution in [0.5, 0.6) is 0 Å². The van der Waals surface area contributed by atoms with Crippen molar-refractivity contribution in [2.75, 3.05) is 32.1 Å². The van der Waals surface area contributed by atoms with Crippen LogP contribution in [0.3, 0.4) is 0 Å². The van der Waals surface area contributed by atoms with Crippen LogP contribution in [0.2, 0.25) is 0 Å². The number of nitrogens with zero attached hydrogens (tertiary/aromatic N) is 2. The van der Waals surface area contributed by atoms with E-state index in [0.717, 1.165) is 6.42 Å². The number of hydrogen-bond acceptors (Lipinski definition) is 2. The zero-order valence-corrected chi connectivity index (χ0v) is 12.9. The fourth-order valence-electron chi connectivity index (χ4n) is 2.50. The number of carbonyl (C=O) groups excluding carboxylic acids is 2. The number of amides is 2. The maximum absolute atomic E-state index is 12.2. The first kappa shape index (κ1) is 15.8. The van der Waals surface area contributed by atoms with Crippen molar-refractivity contribution in [3.05, 3.63) is 35.9 Å². The van der Waals surface area contributed by atoms with Gasteiger partial charge < -0.3 is 9.80 Å². The van der Waals surface area contributed by atoms with Gasteiger partial charge in [0.15, 0.2) is 0 Å². The van der Waals surface area contributed by atoms with Gasteiger partial charge in [0.1, 0.15) is 0 Å². The van der Waals surface area contributed by atoms with E-state index in [9.17, 15) is 9.59 Å². The van der Waals surface area contributed by atoms with Gasteiger partial charge in [-0.05, 0) is 12.0 Å². The predicted molar refractivity (Wildman–Crippen MR) is 83.3 cm³/mol. The minimum atomic E-state index is 0.0846. The van der Waals surface area contributed by atoms with Gasteiger partial charge in [0, 0.05) is 44.9 Å². The molecule has 5 heteroatoms. The molecule has 0 radical (unpaired) electrons. The minimum Gasteiger partial charge on any atom is -0.339 e. The Morgan fingerprint density at radius 2 is 1.43 bits per heavy atom. The quantitative estimate of drug-likeness (QED) is 0.780. The number of alkyl halides is 1. The third-order valence-corrected chi connectivity index (χ3v) is 3.95. The number of halogens is 1. The van der Waals surface area contributed by atoms with E-state index in [1.807, 2.05) is 35.2 Å². The van der Waals surface area contributed by atoms with Crippen LogP contribution in [0.4, 0.5) is 0 Å². The fraction of sp³-hybridized carbons (Fsp3) is 0.500. The van der Waals surface area contributed by atoms with E-state index in [0.29, 0.717) is 44.9 Å². The SMILES string of the molecule is O=C(CCCl)N1CCN(C(=O)CCc2ccccc2)CC1. The van der Waals surface area contributed by atoms with Crippen LogP contribution in [0.25, 0.3) is 0 Å². The van der Waals surface area contributed by atoms with E-state index in [1.54, 1.807) is 4.90 Å². The summed E-state index contributed by atoms with van der Waals surface area (Å²) < 4.78 is 0. The summed E-state index contributed by atoms with van der Waals surface area (Å²) >= 11 is 5.58. The number of piperazine rings is 1. The second-order valence-electron chi connectivity index (χ2n) is 5.19. The van der Waals surface area contributed by atoms with Gasteiger partial charge in [0.25, 0.3) is 0 Å². The van der Waals surface area contributed by atoms with E-state index in [4.69, 9.17) is 11.6 Å². The molecule has 1 aliphatic rings. The van der Waals surface area contributed by atoms with Crippen molar-refractivity contribution in [1.82, 2.24) is 9.80 Å². The Hall–Kier alpha value is -1.55. The molecule has 1 aromatic rings.